The molecule has 220 valence electrons. The van der Waals surface area contributed by atoms with Gasteiger partial charge in [0.15, 0.2) is 0 Å². The molecule has 1 fully saturated rings. The Morgan fingerprint density at radius 1 is 0.976 bits per heavy atom. The number of carbonyl (C=O) groups is 1. The molecule has 3 aromatic rings. The fraction of sp³-hybridized carbons (Fsp3) is 0.379. The highest BCUT2D eigenvalue weighted by molar-refractivity contribution is 6.03. The lowest BCUT2D eigenvalue weighted by atomic mass is 9.81. The van der Waals surface area contributed by atoms with Crippen LogP contribution in [0.3, 0.4) is 0 Å². The number of hydrogen-bond acceptors (Lipinski definition) is 4. The van der Waals surface area contributed by atoms with Crippen molar-refractivity contribution in [3.05, 3.63) is 82.2 Å². The van der Waals surface area contributed by atoms with Crippen LogP contribution in [-0.4, -0.2) is 42.2 Å². The summed E-state index contributed by atoms with van der Waals surface area (Å²) in [5, 5.41) is 23.4. The smallest absolute Gasteiger partial charge is 0.416 e. The van der Waals surface area contributed by atoms with E-state index in [4.69, 9.17) is 0 Å². The van der Waals surface area contributed by atoms with Crippen molar-refractivity contribution in [2.45, 2.75) is 51.1 Å². The van der Waals surface area contributed by atoms with Gasteiger partial charge in [-0.05, 0) is 55.7 Å². The maximum atomic E-state index is 13.8. The number of aliphatic hydroxyl groups is 1. The maximum absolute atomic E-state index is 13.8. The Bertz CT molecular complexity index is 1440. The Balaban J connectivity index is 1.83. The van der Waals surface area contributed by atoms with E-state index in [-0.39, 0.29) is 37.1 Å². The fourth-order valence-corrected chi connectivity index (χ4v) is 5.07. The third-order valence-corrected chi connectivity index (χ3v) is 7.56. The third kappa shape index (κ3) is 5.95. The maximum Gasteiger partial charge on any atom is 0.416 e. The lowest BCUT2D eigenvalue weighted by molar-refractivity contribution is -0.143. The second-order valence-electron chi connectivity index (χ2n) is 10.9. The second kappa shape index (κ2) is 10.4. The molecule has 2 heterocycles. The van der Waals surface area contributed by atoms with Gasteiger partial charge >= 0.3 is 12.4 Å². The summed E-state index contributed by atoms with van der Waals surface area (Å²) in [6.07, 6.45) is -9.36. The van der Waals surface area contributed by atoms with Gasteiger partial charge in [-0.3, -0.25) is 4.79 Å². The van der Waals surface area contributed by atoms with Crippen molar-refractivity contribution >= 4 is 17.4 Å². The number of aromatic nitrogens is 1. The molecule has 1 aliphatic heterocycles. The number of nitrogens with zero attached hydrogens (tertiary/aromatic N) is 3. The van der Waals surface area contributed by atoms with Gasteiger partial charge < -0.3 is 19.9 Å². The number of benzene rings is 2. The number of carbonyl (C=O) groups excluding carboxylic acids is 1. The van der Waals surface area contributed by atoms with Gasteiger partial charge in [0.2, 0.25) is 11.7 Å². The SMILES string of the molecule is Cc1ccccc1-c1cc([N+]2([O-])CCC(O)C2)ncc1N(C)C(=O)C(C)(C)c1cc(C(F)(F)F)cc(C(F)(F)F)c1. The number of quaternary nitrogens is 1. The zero-order chi connectivity index (χ0) is 30.5. The van der Waals surface area contributed by atoms with Crippen LogP contribution in [0.2, 0.25) is 0 Å². The zero-order valence-corrected chi connectivity index (χ0v) is 22.8. The highest BCUT2D eigenvalue weighted by Gasteiger charge is 2.42. The van der Waals surface area contributed by atoms with Crippen molar-refractivity contribution in [3.63, 3.8) is 0 Å². The van der Waals surface area contributed by atoms with Crippen molar-refractivity contribution in [2.24, 2.45) is 0 Å². The highest BCUT2D eigenvalue weighted by Crippen LogP contribution is 2.42. The lowest BCUT2D eigenvalue weighted by Gasteiger charge is -2.37. The van der Waals surface area contributed by atoms with Crippen LogP contribution in [0.1, 0.15) is 42.5 Å². The standard InChI is InChI=1S/C29H29F6N3O3/c1-17-7-5-6-8-22(17)23-14-25(38(41)10-9-21(39)16-38)36-15-24(23)37(4)26(40)27(2,3)18-11-19(28(30,31)32)13-20(12-18)29(33,34)35/h5-8,11-15,21,39H,9-10,16H2,1-4H3. The number of aryl methyl sites for hydroxylation is 1. The Morgan fingerprint density at radius 3 is 2.05 bits per heavy atom. The van der Waals surface area contributed by atoms with Gasteiger partial charge in [-0.15, -0.1) is 0 Å². The van der Waals surface area contributed by atoms with Gasteiger partial charge in [0, 0.05) is 25.1 Å². The minimum atomic E-state index is -5.07. The van der Waals surface area contributed by atoms with E-state index >= 15 is 0 Å². The summed E-state index contributed by atoms with van der Waals surface area (Å²) >= 11 is 0. The normalized spacial score (nSPS) is 19.9. The first-order valence-electron chi connectivity index (χ1n) is 12.8. The molecule has 41 heavy (non-hydrogen) atoms. The Morgan fingerprint density at radius 2 is 1.54 bits per heavy atom. The number of pyridine rings is 1. The van der Waals surface area contributed by atoms with Crippen molar-refractivity contribution in [3.8, 4) is 11.1 Å². The summed E-state index contributed by atoms with van der Waals surface area (Å²) in [6.45, 7) is 4.31. The van der Waals surface area contributed by atoms with Crippen LogP contribution in [0, 0.1) is 12.1 Å². The molecule has 0 spiro atoms. The van der Waals surface area contributed by atoms with Crippen molar-refractivity contribution in [1.82, 2.24) is 9.63 Å². The average Bonchev–Trinajstić information content (AvgIpc) is 3.25. The fourth-order valence-electron chi connectivity index (χ4n) is 5.07. The monoisotopic (exact) mass is 581 g/mol. The van der Waals surface area contributed by atoms with E-state index in [0.717, 1.165) is 10.5 Å². The summed E-state index contributed by atoms with van der Waals surface area (Å²) in [4.78, 5) is 19.3. The van der Waals surface area contributed by atoms with Crippen LogP contribution < -0.4 is 9.55 Å². The molecule has 0 radical (unpaired) electrons. The van der Waals surface area contributed by atoms with E-state index in [1.807, 2.05) is 13.0 Å². The molecule has 1 aliphatic rings. The molecule has 0 bridgehead atoms. The molecule has 0 saturated carbocycles. The quantitative estimate of drug-likeness (QED) is 0.209. The van der Waals surface area contributed by atoms with E-state index in [0.29, 0.717) is 23.3 Å². The van der Waals surface area contributed by atoms with Gasteiger partial charge in [-0.25, -0.2) is 4.98 Å². The van der Waals surface area contributed by atoms with E-state index < -0.39 is 51.1 Å². The van der Waals surface area contributed by atoms with Crippen molar-refractivity contribution in [2.75, 3.05) is 25.0 Å². The molecule has 12 heteroatoms. The van der Waals surface area contributed by atoms with Gasteiger partial charge in [0.25, 0.3) is 0 Å². The predicted octanol–water partition coefficient (Wildman–Crippen LogP) is 6.60. The van der Waals surface area contributed by atoms with Crippen LogP contribution in [0.25, 0.3) is 11.1 Å². The molecule has 0 aliphatic carbocycles. The van der Waals surface area contributed by atoms with Crippen molar-refractivity contribution < 1.29 is 36.2 Å². The Labute approximate surface area is 233 Å². The molecule has 1 saturated heterocycles. The van der Waals surface area contributed by atoms with Crippen LogP contribution in [0.5, 0.6) is 0 Å². The van der Waals surface area contributed by atoms with E-state index in [9.17, 15) is 41.5 Å². The first-order chi connectivity index (χ1) is 18.8. The molecule has 4 rings (SSSR count). The van der Waals surface area contributed by atoms with Gasteiger partial charge in [-0.2, -0.15) is 26.3 Å². The minimum Gasteiger partial charge on any atom is -0.626 e. The topological polar surface area (TPSA) is 76.5 Å². The minimum absolute atomic E-state index is 0.0175. The van der Waals surface area contributed by atoms with Crippen LogP contribution in [0.4, 0.5) is 37.8 Å². The average molecular weight is 582 g/mol. The number of amides is 1. The largest absolute Gasteiger partial charge is 0.626 e. The zero-order valence-electron chi connectivity index (χ0n) is 22.8. The summed E-state index contributed by atoms with van der Waals surface area (Å²) in [5.41, 5.74) is -3.27. The number of likely N-dealkylation sites (N-methyl/N-ethyl adjacent to an activating group) is 1. The summed E-state index contributed by atoms with van der Waals surface area (Å²) in [5.74, 6) is -0.687. The predicted molar refractivity (Wildman–Crippen MR) is 143 cm³/mol. The van der Waals surface area contributed by atoms with Crippen molar-refractivity contribution in [1.29, 1.82) is 0 Å². The number of hydroxylamine groups is 2. The number of alkyl halides is 6. The third-order valence-electron chi connectivity index (χ3n) is 7.56. The molecule has 2 unspecified atom stereocenters. The lowest BCUT2D eigenvalue weighted by Crippen LogP contribution is -2.43. The molecular formula is C29H29F6N3O3. The molecule has 1 aromatic heterocycles. The molecule has 6 nitrogen and oxygen atoms in total. The van der Waals surface area contributed by atoms with Crippen LogP contribution >= 0.6 is 0 Å². The molecule has 2 aromatic carbocycles. The Hall–Kier alpha value is -3.48. The molecule has 1 N–H and O–H groups in total. The van der Waals surface area contributed by atoms with Crippen LogP contribution in [-0.2, 0) is 22.6 Å². The number of halogens is 6. The first kappa shape index (κ1) is 30.5. The number of rotatable bonds is 5. The van der Waals surface area contributed by atoms with E-state index in [1.54, 1.807) is 18.2 Å². The number of hydrogen-bond donors (Lipinski definition) is 1. The summed E-state index contributed by atoms with van der Waals surface area (Å²) in [7, 11) is 1.35. The van der Waals surface area contributed by atoms with Gasteiger partial charge in [-0.1, -0.05) is 24.3 Å². The summed E-state index contributed by atoms with van der Waals surface area (Å²) in [6, 6.07) is 9.76. The van der Waals surface area contributed by atoms with Gasteiger partial charge in [0.05, 0.1) is 35.0 Å². The van der Waals surface area contributed by atoms with Crippen LogP contribution in [0.15, 0.2) is 54.7 Å². The Kier molecular flexibility index (Phi) is 7.74. The summed E-state index contributed by atoms with van der Waals surface area (Å²) < 4.78 is 80.3. The molecule has 2 atom stereocenters. The molecular weight excluding hydrogens is 552 g/mol. The second-order valence-corrected chi connectivity index (χ2v) is 10.9. The van der Waals surface area contributed by atoms with Gasteiger partial charge in [0.1, 0.15) is 12.6 Å². The highest BCUT2D eigenvalue weighted by atomic mass is 19.4. The number of aliphatic hydroxyl groups excluding tert-OH is 1. The number of anilines is 1. The first-order valence-corrected chi connectivity index (χ1v) is 12.8. The van der Waals surface area contributed by atoms with E-state index in [2.05, 4.69) is 4.98 Å². The molecule has 1 amide bonds. The van der Waals surface area contributed by atoms with E-state index in [1.165, 1.54) is 33.2 Å².